The molecule has 0 aromatic rings. The van der Waals surface area contributed by atoms with E-state index in [1.165, 1.54) is 0 Å². The molecule has 0 radical (unpaired) electrons. The van der Waals surface area contributed by atoms with E-state index < -0.39 is 18.0 Å². The van der Waals surface area contributed by atoms with Gasteiger partial charge >= 0.3 is 12.0 Å². The Morgan fingerprint density at radius 3 is 2.00 bits per heavy atom. The molecule has 0 heterocycles. The molecule has 5 heteroatoms. The van der Waals surface area contributed by atoms with Crippen LogP contribution < -0.4 is 10.6 Å². The first-order valence-corrected chi connectivity index (χ1v) is 6.57. The normalized spacial score (nSPS) is 14.4. The summed E-state index contributed by atoms with van der Waals surface area (Å²) in [5.74, 6) is -0.441. The number of hydrogen-bond donors (Lipinski definition) is 3. The van der Waals surface area contributed by atoms with E-state index in [4.69, 9.17) is 5.11 Å². The summed E-state index contributed by atoms with van der Waals surface area (Å²) >= 11 is 0. The molecule has 0 aromatic carbocycles. The predicted octanol–water partition coefficient (Wildman–Crippen LogP) is 2.22. The largest absolute Gasteiger partial charge is 0.480 e. The molecule has 0 spiro atoms. The van der Waals surface area contributed by atoms with Crippen LogP contribution in [0.1, 0.15) is 47.5 Å². The molecule has 0 fully saturated rings. The van der Waals surface area contributed by atoms with Crippen LogP contribution >= 0.6 is 0 Å². The molecule has 0 aliphatic rings. The summed E-state index contributed by atoms with van der Waals surface area (Å²) in [5.41, 5.74) is 0. The second-order valence-corrected chi connectivity index (χ2v) is 5.40. The zero-order valence-electron chi connectivity index (χ0n) is 12.0. The van der Waals surface area contributed by atoms with Gasteiger partial charge in [-0.1, -0.05) is 34.6 Å². The van der Waals surface area contributed by atoms with E-state index in [-0.39, 0.29) is 12.0 Å². The molecule has 0 saturated heterocycles. The van der Waals surface area contributed by atoms with Gasteiger partial charge in [-0.15, -0.1) is 0 Å². The molecule has 18 heavy (non-hydrogen) atoms. The minimum absolute atomic E-state index is 0.0681. The first kappa shape index (κ1) is 16.7. The Morgan fingerprint density at radius 1 is 1.11 bits per heavy atom. The Morgan fingerprint density at radius 2 is 1.67 bits per heavy atom. The number of amides is 2. The van der Waals surface area contributed by atoms with Gasteiger partial charge in [0.25, 0.3) is 0 Å². The standard InChI is InChI=1S/C13H26N2O3/c1-6-10(9(4)5)14-13(18)15-11(12(16)17)7-8(2)3/h8-11H,6-7H2,1-5H3,(H,16,17)(H2,14,15,18). The zero-order valence-corrected chi connectivity index (χ0v) is 12.0. The first-order chi connectivity index (χ1) is 8.27. The lowest BCUT2D eigenvalue weighted by atomic mass is 10.0. The third-order valence-corrected chi connectivity index (χ3v) is 2.87. The lowest BCUT2D eigenvalue weighted by Crippen LogP contribution is -2.50. The van der Waals surface area contributed by atoms with Crippen molar-refractivity contribution in [2.75, 3.05) is 0 Å². The van der Waals surface area contributed by atoms with Crippen LogP contribution in [-0.2, 0) is 4.79 Å². The Hall–Kier alpha value is -1.26. The Balaban J connectivity index is 4.37. The number of hydrogen-bond acceptors (Lipinski definition) is 2. The molecule has 0 saturated carbocycles. The highest BCUT2D eigenvalue weighted by atomic mass is 16.4. The SMILES string of the molecule is CCC(NC(=O)NC(CC(C)C)C(=O)O)C(C)C. The van der Waals surface area contributed by atoms with E-state index in [1.807, 2.05) is 34.6 Å². The van der Waals surface area contributed by atoms with Crippen molar-refractivity contribution in [3.8, 4) is 0 Å². The lowest BCUT2D eigenvalue weighted by molar-refractivity contribution is -0.139. The van der Waals surface area contributed by atoms with Gasteiger partial charge < -0.3 is 15.7 Å². The number of carbonyl (C=O) groups excluding carboxylic acids is 1. The van der Waals surface area contributed by atoms with Crippen molar-refractivity contribution in [1.29, 1.82) is 0 Å². The molecule has 0 rings (SSSR count). The minimum atomic E-state index is -0.989. The maximum Gasteiger partial charge on any atom is 0.326 e. The Bertz CT molecular complexity index is 277. The van der Waals surface area contributed by atoms with Crippen molar-refractivity contribution < 1.29 is 14.7 Å². The van der Waals surface area contributed by atoms with Crippen molar-refractivity contribution in [2.24, 2.45) is 11.8 Å². The zero-order chi connectivity index (χ0) is 14.3. The van der Waals surface area contributed by atoms with E-state index in [0.29, 0.717) is 12.3 Å². The van der Waals surface area contributed by atoms with Gasteiger partial charge in [0.15, 0.2) is 0 Å². The number of urea groups is 1. The Kier molecular flexibility index (Phi) is 7.39. The highest BCUT2D eigenvalue weighted by Crippen LogP contribution is 2.07. The summed E-state index contributed by atoms with van der Waals surface area (Å²) in [6.07, 6.45) is 1.26. The van der Waals surface area contributed by atoms with Crippen molar-refractivity contribution in [2.45, 2.75) is 59.5 Å². The number of aliphatic carboxylic acids is 1. The summed E-state index contributed by atoms with van der Waals surface area (Å²) in [7, 11) is 0. The number of carboxylic acids is 1. The van der Waals surface area contributed by atoms with E-state index in [0.717, 1.165) is 6.42 Å². The maximum atomic E-state index is 11.7. The molecule has 0 bridgehead atoms. The quantitative estimate of drug-likeness (QED) is 0.655. The number of carboxylic acid groups (broad SMARTS) is 1. The average Bonchev–Trinajstić information content (AvgIpc) is 2.23. The fraction of sp³-hybridized carbons (Fsp3) is 0.846. The highest BCUT2D eigenvalue weighted by Gasteiger charge is 2.22. The van der Waals surface area contributed by atoms with Crippen LogP contribution in [-0.4, -0.2) is 29.2 Å². The summed E-state index contributed by atoms with van der Waals surface area (Å²) in [5, 5.41) is 14.4. The fourth-order valence-corrected chi connectivity index (χ4v) is 1.80. The second kappa shape index (κ2) is 7.95. The van der Waals surface area contributed by atoms with Gasteiger partial charge in [0.05, 0.1) is 0 Å². The molecule has 2 unspecified atom stereocenters. The van der Waals surface area contributed by atoms with E-state index in [9.17, 15) is 9.59 Å². The summed E-state index contributed by atoms with van der Waals surface area (Å²) in [4.78, 5) is 22.7. The molecule has 2 amide bonds. The van der Waals surface area contributed by atoms with Crippen LogP contribution in [0.2, 0.25) is 0 Å². The first-order valence-electron chi connectivity index (χ1n) is 6.57. The average molecular weight is 258 g/mol. The summed E-state index contributed by atoms with van der Waals surface area (Å²) in [6.45, 7) is 9.90. The van der Waals surface area contributed by atoms with Crippen LogP contribution in [0, 0.1) is 11.8 Å². The third kappa shape index (κ3) is 6.47. The number of carbonyl (C=O) groups is 2. The molecular weight excluding hydrogens is 232 g/mol. The van der Waals surface area contributed by atoms with Gasteiger partial charge in [-0.05, 0) is 24.7 Å². The van der Waals surface area contributed by atoms with Gasteiger partial charge in [0.2, 0.25) is 0 Å². The topological polar surface area (TPSA) is 78.4 Å². The van der Waals surface area contributed by atoms with Crippen LogP contribution in [0.5, 0.6) is 0 Å². The minimum Gasteiger partial charge on any atom is -0.480 e. The lowest BCUT2D eigenvalue weighted by Gasteiger charge is -2.23. The van der Waals surface area contributed by atoms with Crippen molar-refractivity contribution in [3.63, 3.8) is 0 Å². The van der Waals surface area contributed by atoms with Gasteiger partial charge in [0, 0.05) is 6.04 Å². The Labute approximate surface area is 109 Å². The molecule has 106 valence electrons. The van der Waals surface area contributed by atoms with Gasteiger partial charge in [-0.2, -0.15) is 0 Å². The molecule has 0 aliphatic carbocycles. The van der Waals surface area contributed by atoms with Crippen LogP contribution in [0.3, 0.4) is 0 Å². The van der Waals surface area contributed by atoms with Crippen molar-refractivity contribution in [1.82, 2.24) is 10.6 Å². The fourth-order valence-electron chi connectivity index (χ4n) is 1.80. The second-order valence-electron chi connectivity index (χ2n) is 5.40. The van der Waals surface area contributed by atoms with Crippen LogP contribution in [0.15, 0.2) is 0 Å². The van der Waals surface area contributed by atoms with Crippen molar-refractivity contribution >= 4 is 12.0 Å². The molecule has 0 aliphatic heterocycles. The smallest absolute Gasteiger partial charge is 0.326 e. The van der Waals surface area contributed by atoms with Crippen LogP contribution in [0.4, 0.5) is 4.79 Å². The summed E-state index contributed by atoms with van der Waals surface area (Å²) in [6, 6.07) is -1.16. The molecule has 3 N–H and O–H groups in total. The van der Waals surface area contributed by atoms with E-state index >= 15 is 0 Å². The van der Waals surface area contributed by atoms with Gasteiger partial charge in [0.1, 0.15) is 6.04 Å². The van der Waals surface area contributed by atoms with Crippen LogP contribution in [0.25, 0.3) is 0 Å². The summed E-state index contributed by atoms with van der Waals surface area (Å²) < 4.78 is 0. The third-order valence-electron chi connectivity index (χ3n) is 2.87. The number of nitrogens with one attached hydrogen (secondary N) is 2. The maximum absolute atomic E-state index is 11.7. The highest BCUT2D eigenvalue weighted by molar-refractivity contribution is 5.82. The number of rotatable bonds is 7. The molecule has 0 aromatic heterocycles. The molecular formula is C13H26N2O3. The molecule has 2 atom stereocenters. The van der Waals surface area contributed by atoms with Crippen molar-refractivity contribution in [3.05, 3.63) is 0 Å². The van der Waals surface area contributed by atoms with E-state index in [1.54, 1.807) is 0 Å². The van der Waals surface area contributed by atoms with Gasteiger partial charge in [-0.3, -0.25) is 0 Å². The monoisotopic (exact) mass is 258 g/mol. The predicted molar refractivity (Wildman–Crippen MR) is 71.5 cm³/mol. The van der Waals surface area contributed by atoms with E-state index in [2.05, 4.69) is 10.6 Å². The molecule has 5 nitrogen and oxygen atoms in total. The van der Waals surface area contributed by atoms with Gasteiger partial charge in [-0.25, -0.2) is 9.59 Å².